The van der Waals surface area contributed by atoms with E-state index in [9.17, 15) is 122 Å². The van der Waals surface area contributed by atoms with Crippen LogP contribution in [0.1, 0.15) is 123 Å². The molecule has 0 radical (unpaired) electrons. The quantitative estimate of drug-likeness (QED) is 0.0214. The molecule has 556 valence electrons. The Morgan fingerprint density at radius 1 is 0.495 bits per heavy atom. The van der Waals surface area contributed by atoms with E-state index < -0.39 is 245 Å². The second-order valence-corrected chi connectivity index (χ2v) is 25.1. The van der Waals surface area contributed by atoms with Crippen molar-refractivity contribution in [2.75, 3.05) is 18.6 Å². The van der Waals surface area contributed by atoms with Crippen LogP contribution in [0.15, 0.2) is 30.3 Å². The zero-order valence-corrected chi connectivity index (χ0v) is 56.7. The van der Waals surface area contributed by atoms with Crippen LogP contribution in [0, 0.1) is 5.92 Å². The van der Waals surface area contributed by atoms with Gasteiger partial charge in [0.15, 0.2) is 0 Å². The molecule has 0 heterocycles. The third kappa shape index (κ3) is 34.9. The Morgan fingerprint density at radius 3 is 1.28 bits per heavy atom. The molecule has 0 spiro atoms. The number of hydrogen-bond acceptors (Lipinski definition) is 22. The maximum Gasteiger partial charge on any atom is 0.469 e. The number of nitrogens with two attached hydrogens (primary N) is 3. The number of unbranched alkanes of at least 4 members (excludes halogenated alkanes) is 1. The van der Waals surface area contributed by atoms with E-state index in [2.05, 4.69) is 47.1 Å². The molecule has 0 aromatic heterocycles. The van der Waals surface area contributed by atoms with Crippen LogP contribution in [0.4, 0.5) is 0 Å². The van der Waals surface area contributed by atoms with Gasteiger partial charge in [-0.3, -0.25) is 76.4 Å². The molecule has 39 nitrogen and oxygen atoms in total. The zero-order valence-electron chi connectivity index (χ0n) is 55.0. The topological polar surface area (TPSA) is 660 Å². The van der Waals surface area contributed by atoms with Crippen LogP contribution >= 0.6 is 19.6 Å². The van der Waals surface area contributed by atoms with Crippen LogP contribution in [0.25, 0.3) is 0 Å². The number of carbonyl (C=O) groups is 16. The van der Waals surface area contributed by atoms with E-state index in [0.29, 0.717) is 12.0 Å². The number of benzene rings is 1. The van der Waals surface area contributed by atoms with Gasteiger partial charge in [0.25, 0.3) is 0 Å². The summed E-state index contributed by atoms with van der Waals surface area (Å²) in [4.78, 5) is 231. The van der Waals surface area contributed by atoms with Gasteiger partial charge in [0.05, 0.1) is 24.7 Å². The Hall–Kier alpha value is -8.92. The summed E-state index contributed by atoms with van der Waals surface area (Å²) in [5, 5.41) is 81.2. The largest absolute Gasteiger partial charge is 0.481 e. The van der Waals surface area contributed by atoms with Gasteiger partial charge in [-0.2, -0.15) is 11.8 Å². The lowest BCUT2D eigenvalue weighted by molar-refractivity contribution is -0.143. The Kier molecular flexibility index (Phi) is 39.9. The fraction of sp³-hybridized carbons (Fsp3) is 0.621. The average Bonchev–Trinajstić information content (AvgIpc) is 0.873. The van der Waals surface area contributed by atoms with Crippen molar-refractivity contribution in [3.05, 3.63) is 35.9 Å². The molecule has 1 aromatic carbocycles. The number of carbonyl (C=O) groups excluding carboxylic acids is 11. The third-order valence-corrected chi connectivity index (χ3v) is 16.1. The summed E-state index contributed by atoms with van der Waals surface area (Å²) >= 11 is 1.11. The minimum Gasteiger partial charge on any atom is -0.481 e. The van der Waals surface area contributed by atoms with E-state index in [4.69, 9.17) is 17.2 Å². The van der Waals surface area contributed by atoms with Crippen LogP contribution < -0.4 is 70.4 Å². The van der Waals surface area contributed by atoms with Crippen molar-refractivity contribution < 1.29 is 126 Å². The molecule has 0 saturated heterocycles. The number of aliphatic hydroxyl groups is 1. The fourth-order valence-electron chi connectivity index (χ4n) is 9.19. The van der Waals surface area contributed by atoms with Crippen molar-refractivity contribution in [3.63, 3.8) is 0 Å². The van der Waals surface area contributed by atoms with Gasteiger partial charge in [0.1, 0.15) is 60.4 Å². The number of nitrogens with one attached hydrogen (secondary N) is 10. The molecular weight excluding hydrogens is 1360 g/mol. The van der Waals surface area contributed by atoms with E-state index >= 15 is 0 Å². The SMILES string of the molecule is CC[C@H](C)[C@H](NC(=O)[C@@H](NC(=O)[C@@H](N)Cc1ccccc1)[C@@H](C)O)C(=O)N[C@@H](CCC(N)=O)C(=O)N[C@@H](CCC(=O)O)C(=O)N[C@@H](CC(=O)O)C(=O)N[C@@H](CCC(=O)O)C(=O)N[C@@H](CCC(=O)O)C(=O)N[C@@H](CCSC)C(=O)N[C@H](C(=O)N[C@@H](CCCCN)C(=O)O)[C@@H](C)OP(=O)(O)O. The van der Waals surface area contributed by atoms with Crippen molar-refractivity contribution in [3.8, 4) is 0 Å². The molecule has 11 amide bonds. The first-order valence-corrected chi connectivity index (χ1v) is 34.0. The average molecular weight is 1450 g/mol. The van der Waals surface area contributed by atoms with Gasteiger partial charge in [-0.05, 0) is 102 Å². The molecule has 0 aliphatic heterocycles. The van der Waals surface area contributed by atoms with Gasteiger partial charge in [0, 0.05) is 25.7 Å². The van der Waals surface area contributed by atoms with Crippen LogP contribution in [0.5, 0.6) is 0 Å². The second kappa shape index (κ2) is 44.9. The molecule has 0 aliphatic rings. The number of aliphatic carboxylic acids is 5. The number of amides is 11. The standard InChI is InChI=1S/C58H92N13O26PS/c1-6-28(2)45(69-56(90)46(29(3)72)70-48(82)32(60)26-31-12-8-7-9-13-31)55(89)66-33(15-19-40(61)73)49(83)63-36(18-22-43(78)79)52(86)68-39(27-44(80)81)54(88)64-35(17-21-42(76)77)50(84)62-34(16-20-41(74)75)51(85)65-37(23-25-99-5)53(87)71-47(30(4)97-98(94,95)96)57(91)67-38(58(92)93)14-10-11-24-59/h7-9,12-13,28-30,32-39,45-47,72H,6,10-11,14-27,59-60H2,1-5H3,(H2,61,73)(H,62,84)(H,63,83)(H,64,88)(H,65,85)(H,66,89)(H,67,91)(H,68,86)(H,69,90)(H,70,82)(H,71,87)(H,74,75)(H,76,77)(H,78,79)(H,80,81)(H,92,93)(H2,94,95,96)/t28-,29+,30+,32-,33-,34-,35-,36-,37-,38-,39-,45-,46-,47-/m0/s1. The van der Waals surface area contributed by atoms with E-state index in [1.165, 1.54) is 6.92 Å². The third-order valence-electron chi connectivity index (χ3n) is 14.8. The molecule has 1 rings (SSSR count). The Balaban J connectivity index is 3.72. The molecule has 14 atom stereocenters. The van der Waals surface area contributed by atoms with Crippen molar-refractivity contribution in [1.29, 1.82) is 0 Å². The first kappa shape index (κ1) is 88.1. The molecule has 24 N–H and O–H groups in total. The first-order valence-electron chi connectivity index (χ1n) is 31.1. The number of aliphatic hydroxyl groups excluding tert-OH is 1. The van der Waals surface area contributed by atoms with Gasteiger partial charge in [0.2, 0.25) is 65.0 Å². The molecule has 41 heteroatoms. The summed E-state index contributed by atoms with van der Waals surface area (Å²) in [6.45, 7) is 5.36. The molecule has 0 fully saturated rings. The molecule has 0 unspecified atom stereocenters. The molecule has 0 saturated carbocycles. The smallest absolute Gasteiger partial charge is 0.469 e. The van der Waals surface area contributed by atoms with Gasteiger partial charge in [-0.25, -0.2) is 9.36 Å². The zero-order chi connectivity index (χ0) is 75.4. The normalized spacial score (nSPS) is 15.5. The van der Waals surface area contributed by atoms with Gasteiger partial charge in [-0.15, -0.1) is 0 Å². The highest BCUT2D eigenvalue weighted by Gasteiger charge is 2.40. The lowest BCUT2D eigenvalue weighted by Gasteiger charge is -2.30. The molecule has 0 aliphatic carbocycles. The number of phosphoric ester groups is 1. The first-order chi connectivity index (χ1) is 46.2. The van der Waals surface area contributed by atoms with E-state index in [-0.39, 0.29) is 44.4 Å². The summed E-state index contributed by atoms with van der Waals surface area (Å²) in [6, 6.07) is -11.8. The van der Waals surface area contributed by atoms with Gasteiger partial charge in [-0.1, -0.05) is 50.6 Å². The summed E-state index contributed by atoms with van der Waals surface area (Å²) < 4.78 is 16.5. The minimum absolute atomic E-state index is 0.0323. The number of carboxylic acid groups (broad SMARTS) is 5. The van der Waals surface area contributed by atoms with Crippen LogP contribution in [0.2, 0.25) is 0 Å². The van der Waals surface area contributed by atoms with E-state index in [1.54, 1.807) is 43.5 Å². The highest BCUT2D eigenvalue weighted by atomic mass is 32.2. The van der Waals surface area contributed by atoms with Crippen LogP contribution in [-0.4, -0.2) is 232 Å². The predicted octanol–water partition coefficient (Wildman–Crippen LogP) is -5.37. The molecule has 99 heavy (non-hydrogen) atoms. The van der Waals surface area contributed by atoms with Crippen molar-refractivity contribution in [1.82, 2.24) is 53.2 Å². The van der Waals surface area contributed by atoms with Crippen molar-refractivity contribution in [2.24, 2.45) is 23.1 Å². The Morgan fingerprint density at radius 2 is 0.879 bits per heavy atom. The van der Waals surface area contributed by atoms with Gasteiger partial charge < -0.3 is 111 Å². The summed E-state index contributed by atoms with van der Waals surface area (Å²) in [7, 11) is -5.44. The Labute approximate surface area is 572 Å². The number of rotatable bonds is 50. The lowest BCUT2D eigenvalue weighted by Crippen LogP contribution is -2.62. The molecule has 0 bridgehead atoms. The van der Waals surface area contributed by atoms with Crippen molar-refractivity contribution in [2.45, 2.75) is 203 Å². The maximum atomic E-state index is 14.2. The lowest BCUT2D eigenvalue weighted by atomic mass is 9.96. The minimum atomic E-state index is -5.44. The van der Waals surface area contributed by atoms with E-state index in [0.717, 1.165) is 25.6 Å². The number of phosphoric acid groups is 1. The highest BCUT2D eigenvalue weighted by Crippen LogP contribution is 2.38. The summed E-state index contributed by atoms with van der Waals surface area (Å²) in [5.74, 6) is -22.8. The summed E-state index contributed by atoms with van der Waals surface area (Å²) in [6.07, 6.45) is -9.72. The predicted molar refractivity (Wildman–Crippen MR) is 346 cm³/mol. The Bertz CT molecular complexity index is 3020. The van der Waals surface area contributed by atoms with E-state index in [1.807, 2.05) is 10.6 Å². The number of thioether (sulfide) groups is 1. The number of primary amides is 1. The molecule has 1 aromatic rings. The highest BCUT2D eigenvalue weighted by molar-refractivity contribution is 7.98. The second-order valence-electron chi connectivity index (χ2n) is 22.9. The monoisotopic (exact) mass is 1450 g/mol. The van der Waals surface area contributed by atoms with Gasteiger partial charge >= 0.3 is 37.7 Å². The number of carboxylic acids is 5. The van der Waals surface area contributed by atoms with Crippen LogP contribution in [0.3, 0.4) is 0 Å². The summed E-state index contributed by atoms with van der Waals surface area (Å²) in [5.41, 5.74) is 17.6. The van der Waals surface area contributed by atoms with Crippen molar-refractivity contribution >= 4 is 114 Å². The number of hydrogen-bond donors (Lipinski definition) is 21. The fourth-order valence-corrected chi connectivity index (χ4v) is 10.2. The maximum absolute atomic E-state index is 14.2. The molecular formula is C58H92N13O26PS. The van der Waals surface area contributed by atoms with Crippen LogP contribution in [-0.2, 0) is 92.2 Å².